The van der Waals surface area contributed by atoms with Gasteiger partial charge in [-0.15, -0.1) is 0 Å². The molecule has 0 spiro atoms. The van der Waals surface area contributed by atoms with Gasteiger partial charge >= 0.3 is 6.01 Å². The molecule has 0 radical (unpaired) electrons. The highest BCUT2D eigenvalue weighted by molar-refractivity contribution is 5.78. The summed E-state index contributed by atoms with van der Waals surface area (Å²) in [6, 6.07) is 13.7. The van der Waals surface area contributed by atoms with Crippen LogP contribution in [0.3, 0.4) is 0 Å². The van der Waals surface area contributed by atoms with Gasteiger partial charge < -0.3 is 9.15 Å². The van der Waals surface area contributed by atoms with Gasteiger partial charge in [-0.05, 0) is 43.5 Å². The first-order chi connectivity index (χ1) is 12.7. The zero-order chi connectivity index (χ0) is 18.2. The van der Waals surface area contributed by atoms with Crippen LogP contribution in [0.4, 0.5) is 10.4 Å². The smallest absolute Gasteiger partial charge is 0.315 e. The van der Waals surface area contributed by atoms with Crippen molar-refractivity contribution in [1.82, 2.24) is 10.4 Å². The van der Waals surface area contributed by atoms with Crippen molar-refractivity contribution in [2.75, 3.05) is 12.0 Å². The van der Waals surface area contributed by atoms with E-state index in [1.165, 1.54) is 12.1 Å². The van der Waals surface area contributed by atoms with Crippen LogP contribution in [-0.2, 0) is 4.79 Å². The molecule has 0 aliphatic heterocycles. The summed E-state index contributed by atoms with van der Waals surface area (Å²) in [7, 11) is 0. The highest BCUT2D eigenvalue weighted by Gasteiger charge is 2.06. The van der Waals surface area contributed by atoms with Gasteiger partial charge in [0, 0.05) is 12.5 Å². The molecule has 6 nitrogen and oxygen atoms in total. The van der Waals surface area contributed by atoms with Crippen molar-refractivity contribution < 1.29 is 18.3 Å². The molecule has 0 bridgehead atoms. The fourth-order valence-electron chi connectivity index (χ4n) is 2.42. The van der Waals surface area contributed by atoms with Crippen LogP contribution >= 0.6 is 0 Å². The quantitative estimate of drug-likeness (QED) is 0.446. The molecule has 26 heavy (non-hydrogen) atoms. The standard InChI is InChI=1S/C19H20FN3O3/c20-14-7-6-8-15(13-14)25-12-5-1-2-11-18(24)22-23-19-21-16-9-3-4-10-17(16)26-19/h3-4,6-10,13H,1-2,5,11-12H2,(H,21,23)(H,22,24). The van der Waals surface area contributed by atoms with Crippen molar-refractivity contribution in [2.45, 2.75) is 25.7 Å². The number of hydrogen-bond donors (Lipinski definition) is 2. The number of fused-ring (bicyclic) bond motifs is 1. The molecular weight excluding hydrogens is 337 g/mol. The van der Waals surface area contributed by atoms with Crippen molar-refractivity contribution >= 4 is 23.0 Å². The summed E-state index contributed by atoms with van der Waals surface area (Å²) < 4.78 is 23.9. The second-order valence-electron chi connectivity index (χ2n) is 5.78. The van der Waals surface area contributed by atoms with E-state index in [9.17, 15) is 9.18 Å². The fraction of sp³-hybridized carbons (Fsp3) is 0.263. The third-order valence-corrected chi connectivity index (χ3v) is 3.72. The first-order valence-corrected chi connectivity index (χ1v) is 8.49. The molecule has 1 heterocycles. The molecule has 0 saturated heterocycles. The molecule has 0 saturated carbocycles. The predicted octanol–water partition coefficient (Wildman–Crippen LogP) is 4.05. The SMILES string of the molecule is O=C(CCCCCOc1cccc(F)c1)NNc1nc2ccccc2o1. The maximum atomic E-state index is 13.0. The topological polar surface area (TPSA) is 76.4 Å². The van der Waals surface area contributed by atoms with Crippen LogP contribution in [0.1, 0.15) is 25.7 Å². The molecule has 136 valence electrons. The number of nitrogens with zero attached hydrogens (tertiary/aromatic N) is 1. The molecule has 7 heteroatoms. The number of hydrazine groups is 1. The first-order valence-electron chi connectivity index (χ1n) is 8.49. The van der Waals surface area contributed by atoms with E-state index in [0.29, 0.717) is 24.4 Å². The average Bonchev–Trinajstić information content (AvgIpc) is 3.06. The van der Waals surface area contributed by atoms with E-state index in [1.807, 2.05) is 18.2 Å². The number of anilines is 1. The number of ether oxygens (including phenoxy) is 1. The molecule has 2 N–H and O–H groups in total. The number of para-hydroxylation sites is 2. The van der Waals surface area contributed by atoms with E-state index >= 15 is 0 Å². The van der Waals surface area contributed by atoms with Gasteiger partial charge in [0.2, 0.25) is 5.91 Å². The van der Waals surface area contributed by atoms with Crippen molar-refractivity contribution in [3.05, 3.63) is 54.3 Å². The van der Waals surface area contributed by atoms with Crippen molar-refractivity contribution in [2.24, 2.45) is 0 Å². The average molecular weight is 357 g/mol. The highest BCUT2D eigenvalue weighted by atomic mass is 19.1. The summed E-state index contributed by atoms with van der Waals surface area (Å²) in [6.07, 6.45) is 2.74. The Morgan fingerprint density at radius 1 is 1.12 bits per heavy atom. The molecular formula is C19H20FN3O3. The number of oxazole rings is 1. The van der Waals surface area contributed by atoms with Gasteiger partial charge in [0.25, 0.3) is 0 Å². The monoisotopic (exact) mass is 357 g/mol. The van der Waals surface area contributed by atoms with E-state index in [4.69, 9.17) is 9.15 Å². The number of rotatable bonds is 9. The summed E-state index contributed by atoms with van der Waals surface area (Å²) in [5, 5.41) is 0. The molecule has 0 atom stereocenters. The number of hydrogen-bond acceptors (Lipinski definition) is 5. The van der Waals surface area contributed by atoms with Crippen molar-refractivity contribution in [3.63, 3.8) is 0 Å². The van der Waals surface area contributed by atoms with Crippen LogP contribution in [0.25, 0.3) is 11.1 Å². The number of benzene rings is 2. The molecule has 1 aromatic heterocycles. The van der Waals surface area contributed by atoms with Crippen molar-refractivity contribution in [3.8, 4) is 5.75 Å². The lowest BCUT2D eigenvalue weighted by molar-refractivity contribution is -0.120. The predicted molar refractivity (Wildman–Crippen MR) is 96.1 cm³/mol. The van der Waals surface area contributed by atoms with Gasteiger partial charge in [-0.3, -0.25) is 15.6 Å². The Labute approximate surface area is 150 Å². The van der Waals surface area contributed by atoms with Crippen LogP contribution in [0.15, 0.2) is 52.9 Å². The molecule has 2 aromatic carbocycles. The highest BCUT2D eigenvalue weighted by Crippen LogP contribution is 2.17. The van der Waals surface area contributed by atoms with Gasteiger partial charge in [0.1, 0.15) is 17.1 Å². The largest absolute Gasteiger partial charge is 0.493 e. The Kier molecular flexibility index (Phi) is 6.03. The van der Waals surface area contributed by atoms with Gasteiger partial charge in [-0.1, -0.05) is 18.2 Å². The number of aromatic nitrogens is 1. The minimum absolute atomic E-state index is 0.140. The molecule has 0 aliphatic rings. The van der Waals surface area contributed by atoms with E-state index in [0.717, 1.165) is 24.8 Å². The lowest BCUT2D eigenvalue weighted by Crippen LogP contribution is -2.29. The molecule has 0 aliphatic carbocycles. The van der Waals surface area contributed by atoms with Gasteiger partial charge in [-0.25, -0.2) is 4.39 Å². The Hall–Kier alpha value is -3.09. The maximum absolute atomic E-state index is 13.0. The third kappa shape index (κ3) is 5.20. The molecule has 1 amide bonds. The zero-order valence-electron chi connectivity index (χ0n) is 14.2. The second-order valence-corrected chi connectivity index (χ2v) is 5.78. The Balaban J connectivity index is 1.28. The van der Waals surface area contributed by atoms with Crippen LogP contribution < -0.4 is 15.6 Å². The van der Waals surface area contributed by atoms with Gasteiger partial charge in [0.05, 0.1) is 6.61 Å². The normalized spacial score (nSPS) is 10.7. The molecule has 3 rings (SSSR count). The van der Waals surface area contributed by atoms with Crippen LogP contribution in [0.5, 0.6) is 5.75 Å². The Bertz CT molecular complexity index is 833. The minimum Gasteiger partial charge on any atom is -0.493 e. The second kappa shape index (κ2) is 8.84. The lowest BCUT2D eigenvalue weighted by Gasteiger charge is -2.06. The first kappa shape index (κ1) is 17.7. The van der Waals surface area contributed by atoms with E-state index < -0.39 is 0 Å². The zero-order valence-corrected chi connectivity index (χ0v) is 14.2. The van der Waals surface area contributed by atoms with E-state index in [-0.39, 0.29) is 17.7 Å². The molecule has 0 fully saturated rings. The van der Waals surface area contributed by atoms with Crippen LogP contribution in [-0.4, -0.2) is 17.5 Å². The number of halogens is 1. The third-order valence-electron chi connectivity index (χ3n) is 3.72. The number of carbonyl (C=O) groups is 1. The summed E-state index contributed by atoms with van der Waals surface area (Å²) in [6.45, 7) is 0.492. The number of nitrogens with one attached hydrogen (secondary N) is 2. The van der Waals surface area contributed by atoms with E-state index in [2.05, 4.69) is 15.8 Å². The van der Waals surface area contributed by atoms with Gasteiger partial charge in [-0.2, -0.15) is 4.98 Å². The van der Waals surface area contributed by atoms with Crippen LogP contribution in [0.2, 0.25) is 0 Å². The molecule has 3 aromatic rings. The summed E-state index contributed by atoms with van der Waals surface area (Å²) in [5.41, 5.74) is 6.62. The van der Waals surface area contributed by atoms with Crippen molar-refractivity contribution in [1.29, 1.82) is 0 Å². The summed E-state index contributed by atoms with van der Waals surface area (Å²) >= 11 is 0. The van der Waals surface area contributed by atoms with Crippen LogP contribution in [0, 0.1) is 5.82 Å². The Morgan fingerprint density at radius 3 is 2.85 bits per heavy atom. The Morgan fingerprint density at radius 2 is 2.00 bits per heavy atom. The maximum Gasteiger partial charge on any atom is 0.315 e. The number of carbonyl (C=O) groups excluding carboxylic acids is 1. The number of unbranched alkanes of at least 4 members (excludes halogenated alkanes) is 2. The van der Waals surface area contributed by atoms with Gasteiger partial charge in [0.15, 0.2) is 5.58 Å². The molecule has 0 unspecified atom stereocenters. The summed E-state index contributed by atoms with van der Waals surface area (Å²) in [5.74, 6) is 0.0641. The minimum atomic E-state index is -0.314. The fourth-order valence-corrected chi connectivity index (χ4v) is 2.42. The number of amides is 1. The van der Waals surface area contributed by atoms with E-state index in [1.54, 1.807) is 18.2 Å². The lowest BCUT2D eigenvalue weighted by atomic mass is 10.2. The summed E-state index contributed by atoms with van der Waals surface area (Å²) in [4.78, 5) is 16.0.